The largest absolute Gasteiger partial charge is 0.490 e. The number of hydrogen-bond acceptors (Lipinski definition) is 7. The number of rotatable bonds is 5. The maximum absolute atomic E-state index is 13.4. The standard InChI is InChI=1S/C22H21O7P/c1-22(2,3)21(24)29-19-15-13(11-14(30-25)18(19)26-4)28-17(20(27-5)16(15)23)12-9-7-6-8-10-12/h6-11H,1-5H3/p+1. The molecule has 0 radical (unpaired) electrons. The highest BCUT2D eigenvalue weighted by atomic mass is 31.1. The van der Waals surface area contributed by atoms with E-state index in [0.29, 0.717) is 5.56 Å². The Balaban J connectivity index is 2.42. The first-order valence-electron chi connectivity index (χ1n) is 9.14. The van der Waals surface area contributed by atoms with Gasteiger partial charge in [0, 0.05) is 11.6 Å². The van der Waals surface area contributed by atoms with Crippen LogP contribution in [0.1, 0.15) is 20.8 Å². The van der Waals surface area contributed by atoms with Crippen LogP contribution in [-0.2, 0) is 9.36 Å². The van der Waals surface area contributed by atoms with Crippen molar-refractivity contribution >= 4 is 30.7 Å². The normalized spacial score (nSPS) is 11.5. The molecule has 1 aromatic heterocycles. The molecule has 0 saturated carbocycles. The van der Waals surface area contributed by atoms with Crippen LogP contribution in [0.25, 0.3) is 22.3 Å². The zero-order valence-corrected chi connectivity index (χ0v) is 18.3. The van der Waals surface area contributed by atoms with E-state index in [0.717, 1.165) is 0 Å². The molecule has 30 heavy (non-hydrogen) atoms. The summed E-state index contributed by atoms with van der Waals surface area (Å²) >= 11 is 0. The Morgan fingerprint density at radius 3 is 2.17 bits per heavy atom. The van der Waals surface area contributed by atoms with Crippen molar-refractivity contribution in [3.63, 3.8) is 0 Å². The van der Waals surface area contributed by atoms with Crippen LogP contribution in [0.3, 0.4) is 0 Å². The fraction of sp³-hybridized carbons (Fsp3) is 0.273. The van der Waals surface area contributed by atoms with Gasteiger partial charge in [0.05, 0.1) is 19.6 Å². The number of fused-ring (bicyclic) bond motifs is 1. The van der Waals surface area contributed by atoms with Crippen molar-refractivity contribution in [2.75, 3.05) is 14.2 Å². The van der Waals surface area contributed by atoms with Gasteiger partial charge in [0.2, 0.25) is 22.2 Å². The highest BCUT2D eigenvalue weighted by molar-refractivity contribution is 7.34. The highest BCUT2D eigenvalue weighted by Gasteiger charge is 2.32. The van der Waals surface area contributed by atoms with Crippen LogP contribution in [-0.4, -0.2) is 20.2 Å². The van der Waals surface area contributed by atoms with E-state index in [9.17, 15) is 14.2 Å². The molecule has 3 rings (SSSR count). The van der Waals surface area contributed by atoms with E-state index in [2.05, 4.69) is 0 Å². The molecule has 3 aromatic rings. The predicted octanol–water partition coefficient (Wildman–Crippen LogP) is 4.08. The summed E-state index contributed by atoms with van der Waals surface area (Å²) in [7, 11) is 1.78. The Labute approximate surface area is 174 Å². The number of carbonyl (C=O) groups is 1. The smallest absolute Gasteiger partial charge is 0.367 e. The zero-order valence-electron chi connectivity index (χ0n) is 17.3. The Hall–Kier alpha value is -3.18. The fourth-order valence-corrected chi connectivity index (χ4v) is 3.37. The monoisotopic (exact) mass is 429 g/mol. The van der Waals surface area contributed by atoms with Crippen molar-refractivity contribution in [1.82, 2.24) is 0 Å². The van der Waals surface area contributed by atoms with E-state index >= 15 is 0 Å². The lowest BCUT2D eigenvalue weighted by Gasteiger charge is -2.19. The minimum atomic E-state index is -0.923. The number of benzene rings is 2. The molecule has 1 unspecified atom stereocenters. The maximum atomic E-state index is 13.4. The van der Waals surface area contributed by atoms with Crippen LogP contribution in [0.2, 0.25) is 0 Å². The molecule has 8 heteroatoms. The molecule has 1 heterocycles. The molecule has 0 aliphatic carbocycles. The summed E-state index contributed by atoms with van der Waals surface area (Å²) in [5.41, 5.74) is -0.645. The van der Waals surface area contributed by atoms with Crippen molar-refractivity contribution in [2.45, 2.75) is 20.8 Å². The molecular formula is C22H22O7P+. The number of esters is 1. The summed E-state index contributed by atoms with van der Waals surface area (Å²) in [6.45, 7) is 5.04. The average molecular weight is 429 g/mol. The van der Waals surface area contributed by atoms with Gasteiger partial charge in [-0.3, -0.25) is 9.59 Å². The van der Waals surface area contributed by atoms with E-state index in [1.165, 1.54) is 20.3 Å². The van der Waals surface area contributed by atoms with Crippen LogP contribution in [0.5, 0.6) is 17.2 Å². The first-order valence-corrected chi connectivity index (χ1v) is 10.0. The van der Waals surface area contributed by atoms with E-state index < -0.39 is 25.3 Å². The number of ether oxygens (including phenoxy) is 3. The van der Waals surface area contributed by atoms with Gasteiger partial charge in [-0.05, 0) is 20.8 Å². The SMILES string of the molecule is COc1c([PH+]=O)cc2oc(-c3ccccc3)c(OC)c(=O)c2c1OC(=O)C(C)(C)C. The van der Waals surface area contributed by atoms with E-state index in [4.69, 9.17) is 18.6 Å². The fourth-order valence-electron chi connectivity index (χ4n) is 2.87. The molecule has 0 spiro atoms. The minimum absolute atomic E-state index is 0.0250. The zero-order chi connectivity index (χ0) is 22.1. The molecule has 0 amide bonds. The van der Waals surface area contributed by atoms with Crippen molar-refractivity contribution < 1.29 is 28.0 Å². The van der Waals surface area contributed by atoms with Gasteiger partial charge >= 0.3 is 14.4 Å². The second-order valence-corrected chi connectivity index (χ2v) is 8.30. The molecule has 0 N–H and O–H groups in total. The summed E-state index contributed by atoms with van der Waals surface area (Å²) in [6, 6.07) is 10.4. The van der Waals surface area contributed by atoms with Crippen LogP contribution >= 0.6 is 8.46 Å². The third kappa shape index (κ3) is 3.81. The Kier molecular flexibility index (Phi) is 5.94. The van der Waals surface area contributed by atoms with Crippen LogP contribution in [0.4, 0.5) is 0 Å². The van der Waals surface area contributed by atoms with Gasteiger partial charge in [-0.25, -0.2) is 0 Å². The third-order valence-electron chi connectivity index (χ3n) is 4.41. The van der Waals surface area contributed by atoms with E-state index in [-0.39, 0.29) is 39.3 Å². The molecule has 7 nitrogen and oxygen atoms in total. The Morgan fingerprint density at radius 2 is 1.63 bits per heavy atom. The molecule has 0 aliphatic heterocycles. The van der Waals surface area contributed by atoms with E-state index in [1.807, 2.05) is 6.07 Å². The van der Waals surface area contributed by atoms with Gasteiger partial charge in [-0.15, -0.1) is 0 Å². The molecule has 0 fully saturated rings. The topological polar surface area (TPSA) is 92.0 Å². The molecule has 2 aromatic carbocycles. The second kappa shape index (κ2) is 8.28. The summed E-state index contributed by atoms with van der Waals surface area (Å²) in [5.74, 6) is -0.510. The van der Waals surface area contributed by atoms with Gasteiger partial charge in [-0.1, -0.05) is 34.9 Å². The molecule has 0 aliphatic rings. The quantitative estimate of drug-likeness (QED) is 0.343. The van der Waals surface area contributed by atoms with Crippen molar-refractivity contribution in [3.8, 4) is 28.6 Å². The minimum Gasteiger partial charge on any atom is -0.490 e. The lowest BCUT2D eigenvalue weighted by Crippen LogP contribution is -2.27. The lowest BCUT2D eigenvalue weighted by atomic mass is 9.97. The molecular weight excluding hydrogens is 407 g/mol. The summed E-state index contributed by atoms with van der Waals surface area (Å²) in [6.07, 6.45) is 0. The van der Waals surface area contributed by atoms with Gasteiger partial charge in [0.1, 0.15) is 11.0 Å². The molecule has 1 atom stereocenters. The first kappa shape index (κ1) is 21.5. The van der Waals surface area contributed by atoms with Gasteiger partial charge < -0.3 is 18.6 Å². The van der Waals surface area contributed by atoms with Crippen molar-refractivity contribution in [3.05, 3.63) is 46.6 Å². The van der Waals surface area contributed by atoms with Gasteiger partial charge in [-0.2, -0.15) is 0 Å². The number of methoxy groups -OCH3 is 2. The Bertz CT molecular complexity index is 1170. The second-order valence-electron chi connectivity index (χ2n) is 7.56. The van der Waals surface area contributed by atoms with E-state index in [1.54, 1.807) is 45.0 Å². The predicted molar refractivity (Wildman–Crippen MR) is 115 cm³/mol. The maximum Gasteiger partial charge on any atom is 0.367 e. The Morgan fingerprint density at radius 1 is 1.00 bits per heavy atom. The van der Waals surface area contributed by atoms with Gasteiger partial charge in [0.25, 0.3) is 0 Å². The van der Waals surface area contributed by atoms with Crippen molar-refractivity contribution in [2.24, 2.45) is 5.41 Å². The summed E-state index contributed by atoms with van der Waals surface area (Å²) < 4.78 is 34.1. The molecule has 0 bridgehead atoms. The summed E-state index contributed by atoms with van der Waals surface area (Å²) in [5, 5.41) is 0.206. The molecule has 156 valence electrons. The average Bonchev–Trinajstić information content (AvgIpc) is 2.72. The van der Waals surface area contributed by atoms with Crippen LogP contribution in [0.15, 0.2) is 45.6 Å². The lowest BCUT2D eigenvalue weighted by molar-refractivity contribution is -0.143. The number of hydrogen-bond donors (Lipinski definition) is 0. The molecule has 0 saturated heterocycles. The summed E-state index contributed by atoms with van der Waals surface area (Å²) in [4.78, 5) is 25.9. The highest BCUT2D eigenvalue weighted by Crippen LogP contribution is 2.39. The van der Waals surface area contributed by atoms with Crippen LogP contribution in [0, 0.1) is 5.41 Å². The third-order valence-corrected chi connectivity index (χ3v) is 5.00. The van der Waals surface area contributed by atoms with Crippen LogP contribution < -0.4 is 24.9 Å². The first-order chi connectivity index (χ1) is 14.2. The van der Waals surface area contributed by atoms with Gasteiger partial charge in [0.15, 0.2) is 11.5 Å². The number of carbonyl (C=O) groups excluding carboxylic acids is 1. The van der Waals surface area contributed by atoms with Crippen molar-refractivity contribution in [1.29, 1.82) is 0 Å².